The van der Waals surface area contributed by atoms with Crippen LogP contribution >= 0.6 is 0 Å². The first-order valence-corrected chi connectivity index (χ1v) is 8.57. The molecule has 1 saturated heterocycles. The average molecular weight is 281 g/mol. The van der Waals surface area contributed by atoms with Gasteiger partial charge < -0.3 is 4.74 Å². The van der Waals surface area contributed by atoms with E-state index in [0.717, 1.165) is 5.92 Å². The molecule has 2 fully saturated rings. The maximum atomic E-state index is 12.1. The molecular weight excluding hydrogens is 250 g/mol. The van der Waals surface area contributed by atoms with Crippen LogP contribution in [-0.4, -0.2) is 36.1 Å². The van der Waals surface area contributed by atoms with Gasteiger partial charge in [0.25, 0.3) is 0 Å². The summed E-state index contributed by atoms with van der Waals surface area (Å²) in [6.45, 7) is 7.10. The van der Waals surface area contributed by atoms with Gasteiger partial charge in [-0.05, 0) is 64.5 Å². The summed E-state index contributed by atoms with van der Waals surface area (Å²) < 4.78 is 5.25. The first kappa shape index (κ1) is 15.8. The third kappa shape index (κ3) is 3.97. The van der Waals surface area contributed by atoms with Crippen LogP contribution < -0.4 is 0 Å². The van der Waals surface area contributed by atoms with Crippen LogP contribution in [0.2, 0.25) is 0 Å². The van der Waals surface area contributed by atoms with Gasteiger partial charge in [-0.3, -0.25) is 9.69 Å². The van der Waals surface area contributed by atoms with E-state index < -0.39 is 0 Å². The Morgan fingerprint density at radius 2 is 1.75 bits per heavy atom. The van der Waals surface area contributed by atoms with Gasteiger partial charge in [0.15, 0.2) is 0 Å². The highest BCUT2D eigenvalue weighted by Gasteiger charge is 2.41. The van der Waals surface area contributed by atoms with Crippen LogP contribution in [0, 0.1) is 5.92 Å². The van der Waals surface area contributed by atoms with Gasteiger partial charge in [-0.15, -0.1) is 0 Å². The van der Waals surface area contributed by atoms with E-state index in [2.05, 4.69) is 11.8 Å². The Bertz CT molecular complexity index is 300. The number of nitrogens with zero attached hydrogens (tertiary/aromatic N) is 1. The fraction of sp³-hybridized carbons (Fsp3) is 0.941. The zero-order valence-corrected chi connectivity index (χ0v) is 13.3. The fourth-order valence-electron chi connectivity index (χ4n) is 3.93. The van der Waals surface area contributed by atoms with E-state index in [1.54, 1.807) is 0 Å². The number of hydrogen-bond acceptors (Lipinski definition) is 3. The van der Waals surface area contributed by atoms with Crippen LogP contribution in [0.25, 0.3) is 0 Å². The number of carbonyl (C=O) groups is 1. The van der Waals surface area contributed by atoms with Gasteiger partial charge in [-0.1, -0.05) is 19.8 Å². The Labute approximate surface area is 124 Å². The van der Waals surface area contributed by atoms with Crippen molar-refractivity contribution in [3.63, 3.8) is 0 Å². The molecular formula is C17H31NO2. The van der Waals surface area contributed by atoms with E-state index >= 15 is 0 Å². The van der Waals surface area contributed by atoms with E-state index in [4.69, 9.17) is 4.74 Å². The van der Waals surface area contributed by atoms with Crippen LogP contribution in [0.5, 0.6) is 0 Å². The standard InChI is InChI=1S/C17H31NO2/c1-3-20-16(19)14-17(10-8-15(2)9-11-17)18-12-6-4-5-7-13-18/h15H,3-14H2,1-2H3. The topological polar surface area (TPSA) is 29.5 Å². The molecule has 1 aliphatic carbocycles. The minimum atomic E-state index is 0.00583. The second kappa shape index (κ2) is 7.44. The molecule has 0 aromatic rings. The zero-order valence-electron chi connectivity index (χ0n) is 13.3. The van der Waals surface area contributed by atoms with Crippen LogP contribution in [0.4, 0.5) is 0 Å². The summed E-state index contributed by atoms with van der Waals surface area (Å²) in [5, 5.41) is 0. The monoisotopic (exact) mass is 281 g/mol. The molecule has 2 rings (SSSR count). The molecule has 0 aromatic heterocycles. The lowest BCUT2D eigenvalue weighted by molar-refractivity contribution is -0.147. The highest BCUT2D eigenvalue weighted by molar-refractivity contribution is 5.71. The van der Waals surface area contributed by atoms with E-state index in [-0.39, 0.29) is 11.5 Å². The van der Waals surface area contributed by atoms with Gasteiger partial charge in [0.2, 0.25) is 0 Å². The van der Waals surface area contributed by atoms with Crippen LogP contribution in [0.3, 0.4) is 0 Å². The maximum absolute atomic E-state index is 12.1. The second-order valence-electron chi connectivity index (χ2n) is 6.79. The number of rotatable bonds is 4. The first-order chi connectivity index (χ1) is 9.66. The predicted octanol–water partition coefficient (Wildman–Crippen LogP) is 3.76. The first-order valence-electron chi connectivity index (χ1n) is 8.57. The minimum absolute atomic E-state index is 0.00583. The molecule has 0 spiro atoms. The predicted molar refractivity (Wildman–Crippen MR) is 81.7 cm³/mol. The number of carbonyl (C=O) groups excluding carboxylic acids is 1. The third-order valence-corrected chi connectivity index (χ3v) is 5.26. The molecule has 0 bridgehead atoms. The van der Waals surface area contributed by atoms with E-state index in [0.29, 0.717) is 13.0 Å². The third-order valence-electron chi connectivity index (χ3n) is 5.26. The fourth-order valence-corrected chi connectivity index (χ4v) is 3.93. The van der Waals surface area contributed by atoms with Crippen molar-refractivity contribution in [3.05, 3.63) is 0 Å². The number of likely N-dealkylation sites (tertiary alicyclic amines) is 1. The van der Waals surface area contributed by atoms with Gasteiger partial charge in [0.1, 0.15) is 0 Å². The summed E-state index contributed by atoms with van der Waals surface area (Å²) in [6, 6.07) is 0. The summed E-state index contributed by atoms with van der Waals surface area (Å²) >= 11 is 0. The van der Waals surface area contributed by atoms with Crippen LogP contribution in [0.15, 0.2) is 0 Å². The molecule has 0 atom stereocenters. The van der Waals surface area contributed by atoms with Gasteiger partial charge in [0.05, 0.1) is 13.0 Å². The average Bonchev–Trinajstić information content (AvgIpc) is 2.71. The van der Waals surface area contributed by atoms with Crippen LogP contribution in [0.1, 0.15) is 71.6 Å². The quantitative estimate of drug-likeness (QED) is 0.735. The van der Waals surface area contributed by atoms with Crippen molar-refractivity contribution in [2.45, 2.75) is 77.2 Å². The summed E-state index contributed by atoms with van der Waals surface area (Å²) in [7, 11) is 0. The molecule has 0 unspecified atom stereocenters. The summed E-state index contributed by atoms with van der Waals surface area (Å²) in [6.07, 6.45) is 10.8. The van der Waals surface area contributed by atoms with E-state index in [1.165, 1.54) is 64.5 Å². The van der Waals surface area contributed by atoms with Crippen molar-refractivity contribution in [1.82, 2.24) is 4.90 Å². The Kier molecular flexibility index (Phi) is 5.88. The number of ether oxygens (including phenoxy) is 1. The van der Waals surface area contributed by atoms with Crippen LogP contribution in [-0.2, 0) is 9.53 Å². The lowest BCUT2D eigenvalue weighted by Crippen LogP contribution is -2.52. The lowest BCUT2D eigenvalue weighted by atomic mass is 9.74. The largest absolute Gasteiger partial charge is 0.466 e. The zero-order chi connectivity index (χ0) is 14.4. The molecule has 116 valence electrons. The molecule has 20 heavy (non-hydrogen) atoms. The molecule has 3 heteroatoms. The Hall–Kier alpha value is -0.570. The van der Waals surface area contributed by atoms with Crippen molar-refractivity contribution in [2.75, 3.05) is 19.7 Å². The van der Waals surface area contributed by atoms with Gasteiger partial charge in [0, 0.05) is 5.54 Å². The molecule has 1 aliphatic heterocycles. The smallest absolute Gasteiger partial charge is 0.307 e. The van der Waals surface area contributed by atoms with Crippen molar-refractivity contribution in [1.29, 1.82) is 0 Å². The molecule has 1 heterocycles. The summed E-state index contributed by atoms with van der Waals surface area (Å²) in [5.41, 5.74) is 0.100. The van der Waals surface area contributed by atoms with E-state index in [1.807, 2.05) is 6.92 Å². The molecule has 0 amide bonds. The highest BCUT2D eigenvalue weighted by atomic mass is 16.5. The van der Waals surface area contributed by atoms with E-state index in [9.17, 15) is 4.79 Å². The van der Waals surface area contributed by atoms with Crippen molar-refractivity contribution in [2.24, 2.45) is 5.92 Å². The maximum Gasteiger partial charge on any atom is 0.307 e. The molecule has 1 saturated carbocycles. The Balaban J connectivity index is 2.07. The Morgan fingerprint density at radius 3 is 2.30 bits per heavy atom. The summed E-state index contributed by atoms with van der Waals surface area (Å²) in [5.74, 6) is 0.823. The molecule has 0 aromatic carbocycles. The lowest BCUT2D eigenvalue weighted by Gasteiger charge is -2.47. The molecule has 2 aliphatic rings. The highest BCUT2D eigenvalue weighted by Crippen LogP contribution is 2.40. The number of hydrogen-bond donors (Lipinski definition) is 0. The second-order valence-corrected chi connectivity index (χ2v) is 6.79. The van der Waals surface area contributed by atoms with Crippen molar-refractivity contribution in [3.8, 4) is 0 Å². The van der Waals surface area contributed by atoms with Gasteiger partial charge in [-0.25, -0.2) is 0 Å². The molecule has 3 nitrogen and oxygen atoms in total. The minimum Gasteiger partial charge on any atom is -0.466 e. The van der Waals surface area contributed by atoms with Crippen molar-refractivity contribution < 1.29 is 9.53 Å². The van der Waals surface area contributed by atoms with Gasteiger partial charge in [-0.2, -0.15) is 0 Å². The number of esters is 1. The van der Waals surface area contributed by atoms with Crippen molar-refractivity contribution >= 4 is 5.97 Å². The Morgan fingerprint density at radius 1 is 1.15 bits per heavy atom. The molecule has 0 N–H and O–H groups in total. The van der Waals surface area contributed by atoms with Gasteiger partial charge >= 0.3 is 5.97 Å². The summed E-state index contributed by atoms with van der Waals surface area (Å²) in [4.78, 5) is 14.7. The SMILES string of the molecule is CCOC(=O)CC1(N2CCCCCC2)CCC(C)CC1. The molecule has 0 radical (unpaired) electrons. The normalized spacial score (nSPS) is 32.6.